The lowest BCUT2D eigenvalue weighted by molar-refractivity contribution is 0.313. The molecule has 1 aliphatic rings. The summed E-state index contributed by atoms with van der Waals surface area (Å²) in [6.07, 6.45) is 10.2. The van der Waals surface area contributed by atoms with Gasteiger partial charge in [0.05, 0.1) is 10.0 Å². The van der Waals surface area contributed by atoms with Gasteiger partial charge < -0.3 is 0 Å². The number of halogens is 2. The minimum Gasteiger partial charge on any atom is -0.271 e. The van der Waals surface area contributed by atoms with E-state index >= 15 is 0 Å². The van der Waals surface area contributed by atoms with Crippen molar-refractivity contribution < 1.29 is 0 Å². The van der Waals surface area contributed by atoms with Crippen molar-refractivity contribution in [2.75, 3.05) is 0 Å². The summed E-state index contributed by atoms with van der Waals surface area (Å²) in [6.45, 7) is 0. The van der Waals surface area contributed by atoms with Gasteiger partial charge in [-0.05, 0) is 36.8 Å². The quantitative estimate of drug-likeness (QED) is 0.588. The zero-order valence-electron chi connectivity index (χ0n) is 11.9. The molecule has 2 rings (SSSR count). The molecule has 0 saturated heterocycles. The van der Waals surface area contributed by atoms with E-state index in [1.54, 1.807) is 0 Å². The van der Waals surface area contributed by atoms with Gasteiger partial charge in [-0.1, -0.05) is 67.4 Å². The third-order valence-corrected chi connectivity index (χ3v) is 5.24. The van der Waals surface area contributed by atoms with Crippen LogP contribution in [-0.2, 0) is 6.42 Å². The average molecular weight is 315 g/mol. The number of hydrogen-bond acceptors (Lipinski definition) is 2. The Hall–Kier alpha value is -0.280. The largest absolute Gasteiger partial charge is 0.271 e. The molecule has 0 spiro atoms. The maximum absolute atomic E-state index is 6.24. The summed E-state index contributed by atoms with van der Waals surface area (Å²) in [7, 11) is 0. The lowest BCUT2D eigenvalue weighted by Crippen LogP contribution is -2.37. The van der Waals surface area contributed by atoms with Gasteiger partial charge in [0.2, 0.25) is 0 Å². The van der Waals surface area contributed by atoms with E-state index in [1.165, 1.54) is 38.5 Å². The fourth-order valence-electron chi connectivity index (χ4n) is 3.13. The molecule has 20 heavy (non-hydrogen) atoms. The van der Waals surface area contributed by atoms with E-state index in [0.717, 1.165) is 24.3 Å². The topological polar surface area (TPSA) is 38.0 Å². The first kappa shape index (κ1) is 16.1. The van der Waals surface area contributed by atoms with Crippen LogP contribution in [0.4, 0.5) is 0 Å². The van der Waals surface area contributed by atoms with Crippen LogP contribution in [0.15, 0.2) is 18.2 Å². The smallest absolute Gasteiger partial charge is 0.0624 e. The molecule has 3 N–H and O–H groups in total. The van der Waals surface area contributed by atoms with Crippen molar-refractivity contribution in [3.8, 4) is 0 Å². The summed E-state index contributed by atoms with van der Waals surface area (Å²) < 4.78 is 0. The molecule has 112 valence electrons. The number of rotatable bonds is 6. The lowest BCUT2D eigenvalue weighted by Gasteiger charge is -2.24. The first-order valence-electron chi connectivity index (χ1n) is 7.59. The standard InChI is InChI=1S/C16H24Cl2N2/c17-15-8-4-7-13(16(15)18)11-14(20-19)10-9-12-5-2-1-3-6-12/h4,7-8,12,14,20H,1-3,5-6,9-11,19H2. The van der Waals surface area contributed by atoms with Crippen molar-refractivity contribution >= 4 is 23.2 Å². The van der Waals surface area contributed by atoms with Crippen molar-refractivity contribution in [3.05, 3.63) is 33.8 Å². The fraction of sp³-hybridized carbons (Fsp3) is 0.625. The SMILES string of the molecule is NNC(CCC1CCCCC1)Cc1cccc(Cl)c1Cl. The molecule has 0 bridgehead atoms. The number of hydrogen-bond donors (Lipinski definition) is 2. The third kappa shape index (κ3) is 4.63. The molecule has 1 aromatic carbocycles. The van der Waals surface area contributed by atoms with Gasteiger partial charge >= 0.3 is 0 Å². The minimum atomic E-state index is 0.271. The molecule has 0 aliphatic heterocycles. The number of benzene rings is 1. The molecule has 1 aromatic rings. The number of nitrogens with one attached hydrogen (secondary N) is 1. The van der Waals surface area contributed by atoms with E-state index in [4.69, 9.17) is 29.0 Å². The maximum atomic E-state index is 6.24. The van der Waals surface area contributed by atoms with Gasteiger partial charge in [-0.3, -0.25) is 11.3 Å². The van der Waals surface area contributed by atoms with Gasteiger partial charge in [0, 0.05) is 6.04 Å². The number of hydrazine groups is 1. The molecule has 1 saturated carbocycles. The Balaban J connectivity index is 1.86. The van der Waals surface area contributed by atoms with Gasteiger partial charge in [0.15, 0.2) is 0 Å². The second kappa shape index (κ2) is 8.23. The van der Waals surface area contributed by atoms with Gasteiger partial charge in [-0.2, -0.15) is 0 Å². The maximum Gasteiger partial charge on any atom is 0.0624 e. The van der Waals surface area contributed by atoms with Crippen LogP contribution in [-0.4, -0.2) is 6.04 Å². The van der Waals surface area contributed by atoms with Crippen LogP contribution in [0, 0.1) is 5.92 Å². The molecule has 0 amide bonds. The van der Waals surface area contributed by atoms with Crippen molar-refractivity contribution in [1.82, 2.24) is 5.43 Å². The summed E-state index contributed by atoms with van der Waals surface area (Å²) in [5, 5.41) is 1.28. The van der Waals surface area contributed by atoms with Crippen LogP contribution in [0.3, 0.4) is 0 Å². The Labute approximate surface area is 132 Å². The van der Waals surface area contributed by atoms with Gasteiger partial charge in [-0.25, -0.2) is 0 Å². The van der Waals surface area contributed by atoms with Crippen LogP contribution >= 0.6 is 23.2 Å². The highest BCUT2D eigenvalue weighted by Crippen LogP contribution is 2.29. The molecule has 0 radical (unpaired) electrons. The predicted octanol–water partition coefficient (Wildman–Crippen LogP) is 4.73. The lowest BCUT2D eigenvalue weighted by atomic mass is 9.84. The van der Waals surface area contributed by atoms with Crippen LogP contribution in [0.1, 0.15) is 50.5 Å². The van der Waals surface area contributed by atoms with E-state index in [0.29, 0.717) is 10.0 Å². The van der Waals surface area contributed by atoms with E-state index in [-0.39, 0.29) is 6.04 Å². The summed E-state index contributed by atoms with van der Waals surface area (Å²) in [5.41, 5.74) is 4.01. The second-order valence-corrected chi connectivity index (χ2v) is 6.65. The Morgan fingerprint density at radius 2 is 1.95 bits per heavy atom. The van der Waals surface area contributed by atoms with Crippen LogP contribution in [0.2, 0.25) is 10.0 Å². The van der Waals surface area contributed by atoms with E-state index in [9.17, 15) is 0 Å². The Kier molecular flexibility index (Phi) is 6.63. The van der Waals surface area contributed by atoms with Crippen molar-refractivity contribution in [2.45, 2.75) is 57.4 Å². The molecular formula is C16H24Cl2N2. The zero-order chi connectivity index (χ0) is 14.4. The summed E-state index contributed by atoms with van der Waals surface area (Å²) in [4.78, 5) is 0. The van der Waals surface area contributed by atoms with Gasteiger partial charge in [-0.15, -0.1) is 0 Å². The average Bonchev–Trinajstić information content (AvgIpc) is 2.49. The van der Waals surface area contributed by atoms with Gasteiger partial charge in [0.25, 0.3) is 0 Å². The third-order valence-electron chi connectivity index (χ3n) is 4.38. The molecule has 1 fully saturated rings. The normalized spacial score (nSPS) is 18.1. The Bertz CT molecular complexity index is 417. The van der Waals surface area contributed by atoms with Gasteiger partial charge in [0.1, 0.15) is 0 Å². The molecule has 0 aromatic heterocycles. The zero-order valence-corrected chi connectivity index (χ0v) is 13.4. The van der Waals surface area contributed by atoms with Crippen molar-refractivity contribution in [1.29, 1.82) is 0 Å². The predicted molar refractivity (Wildman–Crippen MR) is 87.1 cm³/mol. The highest BCUT2D eigenvalue weighted by Gasteiger charge is 2.17. The Morgan fingerprint density at radius 3 is 2.65 bits per heavy atom. The first-order chi connectivity index (χ1) is 9.70. The van der Waals surface area contributed by atoms with Crippen molar-refractivity contribution in [3.63, 3.8) is 0 Å². The monoisotopic (exact) mass is 314 g/mol. The van der Waals surface area contributed by atoms with Crippen molar-refractivity contribution in [2.24, 2.45) is 11.8 Å². The van der Waals surface area contributed by atoms with E-state index in [1.807, 2.05) is 18.2 Å². The first-order valence-corrected chi connectivity index (χ1v) is 8.35. The minimum absolute atomic E-state index is 0.271. The van der Waals surface area contributed by atoms with Crippen LogP contribution < -0.4 is 11.3 Å². The highest BCUT2D eigenvalue weighted by molar-refractivity contribution is 6.42. The molecule has 1 aliphatic carbocycles. The van der Waals surface area contributed by atoms with E-state index < -0.39 is 0 Å². The summed E-state index contributed by atoms with van der Waals surface area (Å²) in [5.74, 6) is 6.58. The summed E-state index contributed by atoms with van der Waals surface area (Å²) in [6, 6.07) is 6.06. The molecule has 1 unspecified atom stereocenters. The second-order valence-electron chi connectivity index (χ2n) is 5.86. The van der Waals surface area contributed by atoms with Crippen LogP contribution in [0.25, 0.3) is 0 Å². The highest BCUT2D eigenvalue weighted by atomic mass is 35.5. The summed E-state index contributed by atoms with van der Waals surface area (Å²) >= 11 is 12.3. The van der Waals surface area contributed by atoms with E-state index in [2.05, 4.69) is 5.43 Å². The Morgan fingerprint density at radius 1 is 1.20 bits per heavy atom. The number of nitrogens with two attached hydrogens (primary N) is 1. The molecule has 4 heteroatoms. The molecular weight excluding hydrogens is 291 g/mol. The van der Waals surface area contributed by atoms with Crippen LogP contribution in [0.5, 0.6) is 0 Å². The molecule has 1 atom stereocenters. The molecule has 2 nitrogen and oxygen atoms in total. The fourth-order valence-corrected chi connectivity index (χ4v) is 3.53. The molecule has 0 heterocycles.